The molecular weight excluding hydrogens is 367 g/mol. The summed E-state index contributed by atoms with van der Waals surface area (Å²) in [5.41, 5.74) is 0.978. The molecule has 6 nitrogen and oxygen atoms in total. The van der Waals surface area contributed by atoms with Crippen LogP contribution < -0.4 is 10.1 Å². The standard InChI is InChI=1S/C17H12Cl2N2O4/c1-21-16(23)11-4-2-9(6-12(11)17(21)24)20-15(22)8-25-10-3-5-13(18)14(19)7-10/h2-7H,8H2,1H3,(H,20,22). The van der Waals surface area contributed by atoms with Crippen LogP contribution in [0, 0.1) is 0 Å². The van der Waals surface area contributed by atoms with Crippen LogP contribution in [0.1, 0.15) is 20.7 Å². The van der Waals surface area contributed by atoms with Crippen molar-refractivity contribution in [2.24, 2.45) is 0 Å². The van der Waals surface area contributed by atoms with Crippen LogP contribution in [-0.4, -0.2) is 36.3 Å². The molecule has 128 valence electrons. The van der Waals surface area contributed by atoms with E-state index in [4.69, 9.17) is 27.9 Å². The summed E-state index contributed by atoms with van der Waals surface area (Å²) < 4.78 is 5.34. The van der Waals surface area contributed by atoms with Crippen LogP contribution in [-0.2, 0) is 4.79 Å². The molecule has 1 heterocycles. The minimum atomic E-state index is -0.420. The summed E-state index contributed by atoms with van der Waals surface area (Å²) >= 11 is 11.7. The van der Waals surface area contributed by atoms with Gasteiger partial charge >= 0.3 is 0 Å². The van der Waals surface area contributed by atoms with E-state index in [9.17, 15) is 14.4 Å². The third kappa shape index (κ3) is 3.45. The average molecular weight is 379 g/mol. The molecule has 0 fully saturated rings. The van der Waals surface area contributed by atoms with E-state index < -0.39 is 11.8 Å². The molecule has 2 aromatic carbocycles. The molecular formula is C17H12Cl2N2O4. The highest BCUT2D eigenvalue weighted by molar-refractivity contribution is 6.42. The minimum absolute atomic E-state index is 0.248. The molecule has 3 rings (SSSR count). The normalized spacial score (nSPS) is 13.0. The molecule has 1 N–H and O–H groups in total. The van der Waals surface area contributed by atoms with E-state index in [1.54, 1.807) is 18.2 Å². The van der Waals surface area contributed by atoms with E-state index in [1.807, 2.05) is 0 Å². The number of fused-ring (bicyclic) bond motifs is 1. The fourth-order valence-electron chi connectivity index (χ4n) is 2.35. The van der Waals surface area contributed by atoms with Crippen molar-refractivity contribution in [3.8, 4) is 5.75 Å². The van der Waals surface area contributed by atoms with Crippen LogP contribution in [0.4, 0.5) is 5.69 Å². The number of imide groups is 1. The summed E-state index contributed by atoms with van der Waals surface area (Å²) in [6.45, 7) is -0.248. The monoisotopic (exact) mass is 378 g/mol. The van der Waals surface area contributed by atoms with Gasteiger partial charge in [0, 0.05) is 18.8 Å². The molecule has 0 spiro atoms. The van der Waals surface area contributed by atoms with Crippen LogP contribution in [0.2, 0.25) is 10.0 Å². The van der Waals surface area contributed by atoms with Crippen molar-refractivity contribution in [2.45, 2.75) is 0 Å². The van der Waals surface area contributed by atoms with Crippen LogP contribution >= 0.6 is 23.2 Å². The number of ether oxygens (including phenoxy) is 1. The first-order valence-electron chi connectivity index (χ1n) is 7.21. The van der Waals surface area contributed by atoms with E-state index in [-0.39, 0.29) is 18.1 Å². The fraction of sp³-hybridized carbons (Fsp3) is 0.118. The fourth-order valence-corrected chi connectivity index (χ4v) is 2.64. The number of carbonyl (C=O) groups is 3. The average Bonchev–Trinajstić information content (AvgIpc) is 2.80. The highest BCUT2D eigenvalue weighted by Crippen LogP contribution is 2.27. The Morgan fingerprint density at radius 3 is 2.48 bits per heavy atom. The molecule has 0 radical (unpaired) electrons. The number of hydrogen-bond acceptors (Lipinski definition) is 4. The maximum absolute atomic E-state index is 12.0. The quantitative estimate of drug-likeness (QED) is 0.828. The lowest BCUT2D eigenvalue weighted by Gasteiger charge is -2.09. The Kier molecular flexibility index (Phi) is 4.65. The zero-order valence-electron chi connectivity index (χ0n) is 13.0. The van der Waals surface area contributed by atoms with Crippen molar-refractivity contribution in [2.75, 3.05) is 19.0 Å². The second-order valence-corrected chi connectivity index (χ2v) is 6.16. The summed E-state index contributed by atoms with van der Waals surface area (Å²) in [5.74, 6) is -0.777. The van der Waals surface area contributed by atoms with Gasteiger partial charge < -0.3 is 10.1 Å². The summed E-state index contributed by atoms with van der Waals surface area (Å²) in [6, 6.07) is 9.20. The highest BCUT2D eigenvalue weighted by atomic mass is 35.5. The van der Waals surface area contributed by atoms with E-state index in [2.05, 4.69) is 5.32 Å². The van der Waals surface area contributed by atoms with Gasteiger partial charge in [-0.25, -0.2) is 0 Å². The number of halogens is 2. The molecule has 2 aromatic rings. The molecule has 1 aliphatic rings. The predicted molar refractivity (Wildman–Crippen MR) is 93.5 cm³/mol. The molecule has 0 aromatic heterocycles. The van der Waals surface area contributed by atoms with Crippen molar-refractivity contribution in [1.82, 2.24) is 4.90 Å². The molecule has 0 aliphatic carbocycles. The number of benzene rings is 2. The van der Waals surface area contributed by atoms with Crippen LogP contribution in [0.15, 0.2) is 36.4 Å². The number of anilines is 1. The Hall–Kier alpha value is -2.57. The largest absolute Gasteiger partial charge is 0.484 e. The Balaban J connectivity index is 1.65. The number of nitrogens with one attached hydrogen (secondary N) is 1. The van der Waals surface area contributed by atoms with Gasteiger partial charge in [0.15, 0.2) is 6.61 Å². The Labute approximate surface area is 153 Å². The topological polar surface area (TPSA) is 75.7 Å². The molecule has 3 amide bonds. The Morgan fingerprint density at radius 2 is 1.76 bits per heavy atom. The second-order valence-electron chi connectivity index (χ2n) is 5.34. The molecule has 0 bridgehead atoms. The predicted octanol–water partition coefficient (Wildman–Crippen LogP) is 3.24. The zero-order chi connectivity index (χ0) is 18.1. The Morgan fingerprint density at radius 1 is 1.04 bits per heavy atom. The first-order valence-corrected chi connectivity index (χ1v) is 7.96. The number of rotatable bonds is 4. The lowest BCUT2D eigenvalue weighted by atomic mass is 10.1. The molecule has 25 heavy (non-hydrogen) atoms. The van der Waals surface area contributed by atoms with Gasteiger partial charge in [0.1, 0.15) is 5.75 Å². The van der Waals surface area contributed by atoms with Crippen molar-refractivity contribution in [3.63, 3.8) is 0 Å². The van der Waals surface area contributed by atoms with Crippen LogP contribution in [0.5, 0.6) is 5.75 Å². The van der Waals surface area contributed by atoms with Gasteiger partial charge in [0.25, 0.3) is 17.7 Å². The summed E-state index contributed by atoms with van der Waals surface area (Å²) in [5, 5.41) is 3.33. The highest BCUT2D eigenvalue weighted by Gasteiger charge is 2.32. The van der Waals surface area contributed by atoms with Gasteiger partial charge in [0.05, 0.1) is 21.2 Å². The SMILES string of the molecule is CN1C(=O)c2ccc(NC(=O)COc3ccc(Cl)c(Cl)c3)cc2C1=O. The van der Waals surface area contributed by atoms with E-state index in [0.717, 1.165) is 4.90 Å². The van der Waals surface area contributed by atoms with Crippen LogP contribution in [0.3, 0.4) is 0 Å². The first kappa shape index (κ1) is 17.3. The zero-order valence-corrected chi connectivity index (χ0v) is 14.5. The van der Waals surface area contributed by atoms with E-state index >= 15 is 0 Å². The molecule has 0 saturated heterocycles. The summed E-state index contributed by atoms with van der Waals surface area (Å²) in [7, 11) is 1.41. The van der Waals surface area contributed by atoms with Gasteiger partial charge in [-0.1, -0.05) is 23.2 Å². The molecule has 1 aliphatic heterocycles. The van der Waals surface area contributed by atoms with Crippen LogP contribution in [0.25, 0.3) is 0 Å². The summed E-state index contributed by atoms with van der Waals surface area (Å²) in [6.07, 6.45) is 0. The van der Waals surface area contributed by atoms with Crippen molar-refractivity contribution in [3.05, 3.63) is 57.6 Å². The first-order chi connectivity index (χ1) is 11.9. The molecule has 0 unspecified atom stereocenters. The van der Waals surface area contributed by atoms with Gasteiger partial charge in [-0.05, 0) is 30.3 Å². The van der Waals surface area contributed by atoms with Gasteiger partial charge in [-0.15, -0.1) is 0 Å². The summed E-state index contributed by atoms with van der Waals surface area (Å²) in [4.78, 5) is 36.8. The smallest absolute Gasteiger partial charge is 0.262 e. The lowest BCUT2D eigenvalue weighted by molar-refractivity contribution is -0.118. The maximum atomic E-state index is 12.0. The van der Waals surface area contributed by atoms with Gasteiger partial charge in [-0.3, -0.25) is 19.3 Å². The molecule has 0 atom stereocenters. The molecule has 0 saturated carbocycles. The van der Waals surface area contributed by atoms with E-state index in [0.29, 0.717) is 27.0 Å². The van der Waals surface area contributed by atoms with Gasteiger partial charge in [0.2, 0.25) is 0 Å². The maximum Gasteiger partial charge on any atom is 0.262 e. The molecule has 8 heteroatoms. The minimum Gasteiger partial charge on any atom is -0.484 e. The number of carbonyl (C=O) groups excluding carboxylic acids is 3. The van der Waals surface area contributed by atoms with Crippen molar-refractivity contribution < 1.29 is 19.1 Å². The third-order valence-corrected chi connectivity index (χ3v) is 4.37. The van der Waals surface area contributed by atoms with Crippen molar-refractivity contribution >= 4 is 46.6 Å². The lowest BCUT2D eigenvalue weighted by Crippen LogP contribution is -2.24. The number of amides is 3. The third-order valence-electron chi connectivity index (χ3n) is 3.63. The van der Waals surface area contributed by atoms with Crippen molar-refractivity contribution in [1.29, 1.82) is 0 Å². The van der Waals surface area contributed by atoms with E-state index in [1.165, 1.54) is 25.2 Å². The Bertz CT molecular complexity index is 898. The number of hydrogen-bond donors (Lipinski definition) is 1. The second kappa shape index (κ2) is 6.74. The van der Waals surface area contributed by atoms with Gasteiger partial charge in [-0.2, -0.15) is 0 Å². The number of nitrogens with zero attached hydrogens (tertiary/aromatic N) is 1.